The minimum atomic E-state index is -4.36. The molecule has 0 radical (unpaired) electrons. The largest absolute Gasteiger partial charge is 0.416 e. The molecule has 0 fully saturated rings. The number of rotatable bonds is 10. The van der Waals surface area contributed by atoms with E-state index in [4.69, 9.17) is 11.6 Å². The number of halogens is 4. The van der Waals surface area contributed by atoms with Crippen LogP contribution in [0.25, 0.3) is 5.57 Å². The van der Waals surface area contributed by atoms with E-state index in [2.05, 4.69) is 14.8 Å². The SMILES string of the molecule is CC/C=C(\CCCCCCCc1nnc2n1CCCCC2)c1cc(C(F)(F)F)ccc1Cl. The normalized spacial score (nSPS) is 15.0. The van der Waals surface area contributed by atoms with Crippen LogP contribution in [-0.2, 0) is 25.6 Å². The monoisotopic (exact) mass is 467 g/mol. The van der Waals surface area contributed by atoms with Gasteiger partial charge in [0, 0.05) is 24.4 Å². The minimum Gasteiger partial charge on any atom is -0.315 e. The Morgan fingerprint density at radius 3 is 2.62 bits per heavy atom. The second-order valence-electron chi connectivity index (χ2n) is 8.59. The van der Waals surface area contributed by atoms with Gasteiger partial charge in [-0.15, -0.1) is 10.2 Å². The minimum absolute atomic E-state index is 0.380. The molecule has 0 saturated carbocycles. The summed E-state index contributed by atoms with van der Waals surface area (Å²) in [4.78, 5) is 0. The standard InChI is InChI=1S/C25H33ClF3N3/c1-2-11-19(21-18-20(25(27,28)29)15-16-22(21)26)12-7-4-3-5-8-13-23-30-31-24-14-9-6-10-17-32(23)24/h11,15-16,18H,2-10,12-14,17H2,1H3/b19-11+. The van der Waals surface area contributed by atoms with Crippen LogP contribution < -0.4 is 0 Å². The summed E-state index contributed by atoms with van der Waals surface area (Å²) in [6.45, 7) is 3.04. The van der Waals surface area contributed by atoms with Crippen molar-refractivity contribution < 1.29 is 13.2 Å². The molecule has 1 aromatic heterocycles. The molecule has 3 rings (SSSR count). The zero-order valence-electron chi connectivity index (χ0n) is 18.9. The van der Waals surface area contributed by atoms with Crippen molar-refractivity contribution in [3.63, 3.8) is 0 Å². The molecule has 0 atom stereocenters. The summed E-state index contributed by atoms with van der Waals surface area (Å²) in [6, 6.07) is 3.59. The molecular formula is C25H33ClF3N3. The Morgan fingerprint density at radius 1 is 1.06 bits per heavy atom. The Bertz CT molecular complexity index is 902. The Kier molecular flexibility index (Phi) is 9.21. The molecule has 0 bridgehead atoms. The van der Waals surface area contributed by atoms with Crippen LogP contribution in [-0.4, -0.2) is 14.8 Å². The number of aromatic nitrogens is 3. The molecule has 0 N–H and O–H groups in total. The first kappa shape index (κ1) is 24.8. The van der Waals surface area contributed by atoms with Crippen molar-refractivity contribution in [1.82, 2.24) is 14.8 Å². The Hall–Kier alpha value is -1.82. The van der Waals surface area contributed by atoms with Gasteiger partial charge in [-0.25, -0.2) is 0 Å². The van der Waals surface area contributed by atoms with Crippen LogP contribution in [0, 0.1) is 0 Å². The third-order valence-corrected chi connectivity index (χ3v) is 6.45. The fourth-order valence-corrected chi connectivity index (χ4v) is 4.64. The van der Waals surface area contributed by atoms with Crippen LogP contribution >= 0.6 is 11.6 Å². The number of allylic oxidation sites excluding steroid dienone is 2. The number of hydrogen-bond donors (Lipinski definition) is 0. The molecule has 1 aliphatic heterocycles. The molecule has 1 aliphatic rings. The summed E-state index contributed by atoms with van der Waals surface area (Å²) >= 11 is 6.25. The number of hydrogen-bond acceptors (Lipinski definition) is 2. The third kappa shape index (κ3) is 6.84. The van der Waals surface area contributed by atoms with Crippen molar-refractivity contribution in [2.75, 3.05) is 0 Å². The van der Waals surface area contributed by atoms with Crippen LogP contribution in [0.15, 0.2) is 24.3 Å². The summed E-state index contributed by atoms with van der Waals surface area (Å²) in [5.74, 6) is 2.26. The van der Waals surface area contributed by atoms with Gasteiger partial charge in [0.2, 0.25) is 0 Å². The van der Waals surface area contributed by atoms with Gasteiger partial charge in [0.15, 0.2) is 0 Å². The van der Waals surface area contributed by atoms with Crippen molar-refractivity contribution in [3.8, 4) is 0 Å². The van der Waals surface area contributed by atoms with Gasteiger partial charge in [0.05, 0.1) is 5.56 Å². The van der Waals surface area contributed by atoms with Gasteiger partial charge in [-0.1, -0.05) is 50.3 Å². The van der Waals surface area contributed by atoms with E-state index in [9.17, 15) is 13.2 Å². The summed E-state index contributed by atoms with van der Waals surface area (Å²) in [5, 5.41) is 9.14. The van der Waals surface area contributed by atoms with E-state index in [1.54, 1.807) is 0 Å². The fraction of sp³-hybridized carbons (Fsp3) is 0.600. The first-order chi connectivity index (χ1) is 15.4. The molecule has 0 unspecified atom stereocenters. The van der Waals surface area contributed by atoms with Crippen molar-refractivity contribution >= 4 is 17.2 Å². The molecular weight excluding hydrogens is 435 g/mol. The maximum atomic E-state index is 13.1. The molecule has 1 aromatic carbocycles. The molecule has 0 spiro atoms. The van der Waals surface area contributed by atoms with Crippen LogP contribution in [0.5, 0.6) is 0 Å². The third-order valence-electron chi connectivity index (χ3n) is 6.12. The molecule has 176 valence electrons. The zero-order chi connectivity index (χ0) is 23.0. The highest BCUT2D eigenvalue weighted by Gasteiger charge is 2.31. The van der Waals surface area contributed by atoms with Gasteiger partial charge in [0.25, 0.3) is 0 Å². The van der Waals surface area contributed by atoms with E-state index in [0.29, 0.717) is 10.6 Å². The van der Waals surface area contributed by atoms with Gasteiger partial charge >= 0.3 is 6.18 Å². The maximum absolute atomic E-state index is 13.1. The number of alkyl halides is 3. The van der Waals surface area contributed by atoms with E-state index in [1.807, 2.05) is 13.0 Å². The number of unbranched alkanes of at least 4 members (excludes halogenated alkanes) is 4. The van der Waals surface area contributed by atoms with E-state index in [0.717, 1.165) is 87.6 Å². The highest BCUT2D eigenvalue weighted by Crippen LogP contribution is 2.35. The summed E-state index contributed by atoms with van der Waals surface area (Å²) in [5.41, 5.74) is 0.774. The van der Waals surface area contributed by atoms with Crippen LogP contribution in [0.3, 0.4) is 0 Å². The predicted molar refractivity (Wildman–Crippen MR) is 124 cm³/mol. The van der Waals surface area contributed by atoms with Gasteiger partial charge in [-0.05, 0) is 67.9 Å². The van der Waals surface area contributed by atoms with Gasteiger partial charge in [0.1, 0.15) is 11.6 Å². The Labute approximate surface area is 194 Å². The van der Waals surface area contributed by atoms with Crippen molar-refractivity contribution in [2.24, 2.45) is 0 Å². The lowest BCUT2D eigenvalue weighted by atomic mass is 9.96. The lowest BCUT2D eigenvalue weighted by molar-refractivity contribution is -0.137. The molecule has 0 saturated heterocycles. The molecule has 0 amide bonds. The van der Waals surface area contributed by atoms with Crippen molar-refractivity contribution in [1.29, 1.82) is 0 Å². The van der Waals surface area contributed by atoms with Gasteiger partial charge < -0.3 is 4.57 Å². The Balaban J connectivity index is 1.44. The summed E-state index contributed by atoms with van der Waals surface area (Å²) < 4.78 is 41.7. The van der Waals surface area contributed by atoms with E-state index in [1.165, 1.54) is 31.4 Å². The van der Waals surface area contributed by atoms with Gasteiger partial charge in [-0.2, -0.15) is 13.2 Å². The quantitative estimate of drug-likeness (QED) is 0.331. The van der Waals surface area contributed by atoms with Crippen molar-refractivity contribution in [3.05, 3.63) is 52.1 Å². The molecule has 0 aliphatic carbocycles. The van der Waals surface area contributed by atoms with E-state index in [-0.39, 0.29) is 0 Å². The number of nitrogens with zero attached hydrogens (tertiary/aromatic N) is 3. The number of benzene rings is 1. The van der Waals surface area contributed by atoms with Crippen molar-refractivity contribution in [2.45, 2.75) is 96.7 Å². The number of aryl methyl sites for hydroxylation is 2. The zero-order valence-corrected chi connectivity index (χ0v) is 19.6. The maximum Gasteiger partial charge on any atom is 0.416 e. The fourth-order valence-electron chi connectivity index (χ4n) is 4.40. The summed E-state index contributed by atoms with van der Waals surface area (Å²) in [7, 11) is 0. The number of fused-ring (bicyclic) bond motifs is 1. The molecule has 3 nitrogen and oxygen atoms in total. The lowest BCUT2D eigenvalue weighted by Crippen LogP contribution is -2.06. The predicted octanol–water partition coefficient (Wildman–Crippen LogP) is 8.05. The van der Waals surface area contributed by atoms with Crippen LogP contribution in [0.4, 0.5) is 13.2 Å². The first-order valence-electron chi connectivity index (χ1n) is 11.9. The molecule has 32 heavy (non-hydrogen) atoms. The van der Waals surface area contributed by atoms with E-state index >= 15 is 0 Å². The second kappa shape index (κ2) is 11.9. The van der Waals surface area contributed by atoms with Crippen LogP contribution in [0.2, 0.25) is 5.02 Å². The highest BCUT2D eigenvalue weighted by molar-refractivity contribution is 6.32. The Morgan fingerprint density at radius 2 is 1.84 bits per heavy atom. The highest BCUT2D eigenvalue weighted by atomic mass is 35.5. The van der Waals surface area contributed by atoms with Crippen LogP contribution in [0.1, 0.15) is 93.9 Å². The molecule has 7 heteroatoms. The second-order valence-corrected chi connectivity index (χ2v) is 9.00. The topological polar surface area (TPSA) is 30.7 Å². The molecule has 2 aromatic rings. The smallest absolute Gasteiger partial charge is 0.315 e. The average Bonchev–Trinajstić information content (AvgIpc) is 2.98. The summed E-state index contributed by atoms with van der Waals surface area (Å²) in [6.07, 6.45) is 10.2. The first-order valence-corrected chi connectivity index (χ1v) is 12.2. The van der Waals surface area contributed by atoms with E-state index < -0.39 is 11.7 Å². The lowest BCUT2D eigenvalue weighted by Gasteiger charge is -2.14. The van der Waals surface area contributed by atoms with Gasteiger partial charge in [-0.3, -0.25) is 0 Å². The average molecular weight is 468 g/mol. The molecule has 2 heterocycles.